The Morgan fingerprint density at radius 3 is 2.31 bits per heavy atom. The fourth-order valence-corrected chi connectivity index (χ4v) is 0.756. The third-order valence-electron chi connectivity index (χ3n) is 1.32. The van der Waals surface area contributed by atoms with E-state index in [1.54, 1.807) is 0 Å². The van der Waals surface area contributed by atoms with Gasteiger partial charge in [-0.1, -0.05) is 0 Å². The SMILES string of the molecule is CC(=O)c1cc(=O)cc(C(=O)O)o1. The minimum atomic E-state index is -1.37. The second-order valence-electron chi connectivity index (χ2n) is 2.38. The van der Waals surface area contributed by atoms with E-state index in [4.69, 9.17) is 5.11 Å². The number of carbonyl (C=O) groups excluding carboxylic acids is 1. The van der Waals surface area contributed by atoms with Crippen LogP contribution >= 0.6 is 0 Å². The van der Waals surface area contributed by atoms with Crippen LogP contribution in [0.3, 0.4) is 0 Å². The van der Waals surface area contributed by atoms with Crippen molar-refractivity contribution >= 4 is 11.8 Å². The zero-order chi connectivity index (χ0) is 10.0. The topological polar surface area (TPSA) is 84.6 Å². The molecule has 0 amide bonds. The van der Waals surface area contributed by atoms with Crippen molar-refractivity contribution in [3.63, 3.8) is 0 Å². The van der Waals surface area contributed by atoms with Crippen LogP contribution in [0.5, 0.6) is 0 Å². The van der Waals surface area contributed by atoms with Gasteiger partial charge in [0.05, 0.1) is 0 Å². The molecule has 0 spiro atoms. The van der Waals surface area contributed by atoms with E-state index in [0.717, 1.165) is 12.1 Å². The average Bonchev–Trinajstić information content (AvgIpc) is 2.03. The molecule has 1 heterocycles. The molecule has 0 atom stereocenters. The van der Waals surface area contributed by atoms with Crippen molar-refractivity contribution in [1.29, 1.82) is 0 Å². The molecule has 1 rings (SSSR count). The average molecular weight is 182 g/mol. The molecule has 1 N–H and O–H groups in total. The van der Waals surface area contributed by atoms with Gasteiger partial charge in [0, 0.05) is 19.1 Å². The molecule has 68 valence electrons. The molecule has 0 saturated heterocycles. The lowest BCUT2D eigenvalue weighted by atomic mass is 10.3. The second kappa shape index (κ2) is 3.22. The van der Waals surface area contributed by atoms with Gasteiger partial charge in [-0.15, -0.1) is 0 Å². The van der Waals surface area contributed by atoms with E-state index in [2.05, 4.69) is 4.42 Å². The van der Waals surface area contributed by atoms with E-state index in [1.807, 2.05) is 0 Å². The van der Waals surface area contributed by atoms with Crippen molar-refractivity contribution in [2.45, 2.75) is 6.92 Å². The molecule has 0 fully saturated rings. The first kappa shape index (κ1) is 9.18. The standard InChI is InChI=1S/C8H6O5/c1-4(9)6-2-5(10)3-7(13-6)8(11)12/h2-3H,1H3,(H,11,12). The fraction of sp³-hybridized carbons (Fsp3) is 0.125. The van der Waals surface area contributed by atoms with Gasteiger partial charge in [0.2, 0.25) is 5.76 Å². The van der Waals surface area contributed by atoms with Crippen molar-refractivity contribution in [2.75, 3.05) is 0 Å². The molecule has 0 aliphatic rings. The van der Waals surface area contributed by atoms with Crippen LogP contribution in [-0.2, 0) is 0 Å². The van der Waals surface area contributed by atoms with Crippen LogP contribution in [0.25, 0.3) is 0 Å². The highest BCUT2D eigenvalue weighted by Crippen LogP contribution is 2.02. The molecule has 0 radical (unpaired) electrons. The van der Waals surface area contributed by atoms with Crippen molar-refractivity contribution in [3.05, 3.63) is 33.9 Å². The maximum absolute atomic E-state index is 10.8. The summed E-state index contributed by atoms with van der Waals surface area (Å²) in [5.41, 5.74) is -0.561. The van der Waals surface area contributed by atoms with Crippen molar-refractivity contribution < 1.29 is 19.1 Å². The summed E-state index contributed by atoms with van der Waals surface area (Å²) in [4.78, 5) is 32.0. The fourth-order valence-electron chi connectivity index (χ4n) is 0.756. The molecule has 0 aromatic carbocycles. The summed E-state index contributed by atoms with van der Waals surface area (Å²) < 4.78 is 4.63. The lowest BCUT2D eigenvalue weighted by Crippen LogP contribution is -2.08. The summed E-state index contributed by atoms with van der Waals surface area (Å²) in [6, 6.07) is 1.77. The second-order valence-corrected chi connectivity index (χ2v) is 2.38. The lowest BCUT2D eigenvalue weighted by Gasteiger charge is -1.95. The van der Waals surface area contributed by atoms with Gasteiger partial charge in [0.25, 0.3) is 0 Å². The van der Waals surface area contributed by atoms with Gasteiger partial charge in [-0.25, -0.2) is 4.79 Å². The first-order valence-electron chi connectivity index (χ1n) is 3.40. The zero-order valence-corrected chi connectivity index (χ0v) is 6.73. The van der Waals surface area contributed by atoms with Gasteiger partial charge in [-0.3, -0.25) is 9.59 Å². The summed E-state index contributed by atoms with van der Waals surface area (Å²) in [5, 5.41) is 8.47. The van der Waals surface area contributed by atoms with E-state index in [1.165, 1.54) is 6.92 Å². The molecular formula is C8H6O5. The van der Waals surface area contributed by atoms with Crippen LogP contribution in [0.2, 0.25) is 0 Å². The van der Waals surface area contributed by atoms with Crippen LogP contribution < -0.4 is 5.43 Å². The molecular weight excluding hydrogens is 176 g/mol. The van der Waals surface area contributed by atoms with Crippen molar-refractivity contribution in [2.24, 2.45) is 0 Å². The first-order chi connectivity index (χ1) is 6.00. The van der Waals surface area contributed by atoms with Gasteiger partial charge >= 0.3 is 5.97 Å². The van der Waals surface area contributed by atoms with E-state index in [0.29, 0.717) is 0 Å². The van der Waals surface area contributed by atoms with Gasteiger partial charge in [-0.05, 0) is 0 Å². The number of carboxylic acids is 1. The number of ketones is 1. The van der Waals surface area contributed by atoms with Gasteiger partial charge in [0.15, 0.2) is 17.0 Å². The number of Topliss-reactive ketones (excluding diaryl/α,β-unsaturated/α-hetero) is 1. The van der Waals surface area contributed by atoms with Crippen LogP contribution in [0, 0.1) is 0 Å². The summed E-state index contributed by atoms with van der Waals surface area (Å²) >= 11 is 0. The number of hydrogen-bond acceptors (Lipinski definition) is 4. The molecule has 5 heteroatoms. The number of carbonyl (C=O) groups is 2. The van der Waals surface area contributed by atoms with E-state index in [9.17, 15) is 14.4 Å². The normalized spacial score (nSPS) is 9.62. The summed E-state index contributed by atoms with van der Waals surface area (Å²) in [6.45, 7) is 1.18. The largest absolute Gasteiger partial charge is 0.475 e. The van der Waals surface area contributed by atoms with Crippen LogP contribution in [0.15, 0.2) is 21.3 Å². The maximum atomic E-state index is 10.8. The molecule has 0 unspecified atom stereocenters. The first-order valence-corrected chi connectivity index (χ1v) is 3.40. The predicted octanol–water partition coefficient (Wildman–Crippen LogP) is 0.541. The Labute approximate surface area is 72.6 Å². The summed E-state index contributed by atoms with van der Waals surface area (Å²) in [5.74, 6) is -2.64. The Balaban J connectivity index is 3.35. The number of hydrogen-bond donors (Lipinski definition) is 1. The van der Waals surface area contributed by atoms with Gasteiger partial charge in [-0.2, -0.15) is 0 Å². The van der Waals surface area contributed by atoms with Crippen LogP contribution in [0.4, 0.5) is 0 Å². The molecule has 13 heavy (non-hydrogen) atoms. The van der Waals surface area contributed by atoms with Gasteiger partial charge < -0.3 is 9.52 Å². The third kappa shape index (κ3) is 2.02. The summed E-state index contributed by atoms with van der Waals surface area (Å²) in [6.07, 6.45) is 0. The highest BCUT2D eigenvalue weighted by molar-refractivity contribution is 5.92. The van der Waals surface area contributed by atoms with E-state index < -0.39 is 22.9 Å². The molecule has 1 aromatic rings. The summed E-state index contributed by atoms with van der Waals surface area (Å²) in [7, 11) is 0. The predicted molar refractivity (Wildman–Crippen MR) is 41.9 cm³/mol. The number of aromatic carboxylic acids is 1. The third-order valence-corrected chi connectivity index (χ3v) is 1.32. The Morgan fingerprint density at radius 2 is 1.85 bits per heavy atom. The van der Waals surface area contributed by atoms with Crippen LogP contribution in [-0.4, -0.2) is 16.9 Å². The zero-order valence-electron chi connectivity index (χ0n) is 6.73. The minimum Gasteiger partial charge on any atom is -0.475 e. The van der Waals surface area contributed by atoms with E-state index in [-0.39, 0.29) is 5.76 Å². The van der Waals surface area contributed by atoms with Crippen molar-refractivity contribution in [3.8, 4) is 0 Å². The Hall–Kier alpha value is -1.91. The monoisotopic (exact) mass is 182 g/mol. The minimum absolute atomic E-state index is 0.245. The number of carboxylic acid groups (broad SMARTS) is 1. The van der Waals surface area contributed by atoms with E-state index >= 15 is 0 Å². The molecule has 1 aromatic heterocycles. The molecule has 0 bridgehead atoms. The quantitative estimate of drug-likeness (QED) is 0.674. The smallest absolute Gasteiger partial charge is 0.371 e. The Kier molecular flexibility index (Phi) is 2.27. The number of rotatable bonds is 2. The molecule has 0 saturated carbocycles. The Bertz CT molecular complexity index is 380. The highest BCUT2D eigenvalue weighted by Gasteiger charge is 2.11. The Morgan fingerprint density at radius 1 is 1.31 bits per heavy atom. The molecule has 0 aliphatic heterocycles. The highest BCUT2D eigenvalue weighted by atomic mass is 16.4. The molecule has 5 nitrogen and oxygen atoms in total. The maximum Gasteiger partial charge on any atom is 0.371 e. The lowest BCUT2D eigenvalue weighted by molar-refractivity contribution is 0.0656. The molecule has 0 aliphatic carbocycles. The van der Waals surface area contributed by atoms with Crippen molar-refractivity contribution in [1.82, 2.24) is 0 Å². The van der Waals surface area contributed by atoms with Crippen LogP contribution in [0.1, 0.15) is 28.0 Å². The van der Waals surface area contributed by atoms with Gasteiger partial charge in [0.1, 0.15) is 0 Å².